The van der Waals surface area contributed by atoms with E-state index in [1.165, 1.54) is 22.3 Å². The molecule has 0 unspecified atom stereocenters. The molecule has 3 heteroatoms. The molecule has 5 aromatic carbocycles. The molecular formula is C36H35BO2. The molecule has 1 N–H and O–H groups in total. The maximum absolute atomic E-state index is 10.6. The molecule has 0 aliphatic rings. The third-order valence-electron chi connectivity index (χ3n) is 7.69. The Kier molecular flexibility index (Phi) is 7.57. The van der Waals surface area contributed by atoms with Crippen LogP contribution in [0.25, 0.3) is 44.5 Å². The molecule has 0 radical (unpaired) electrons. The molecule has 0 saturated heterocycles. The summed E-state index contributed by atoms with van der Waals surface area (Å²) < 4.78 is 6.28. The Bertz CT molecular complexity index is 1530. The molecule has 0 amide bonds. The molecule has 39 heavy (non-hydrogen) atoms. The summed E-state index contributed by atoms with van der Waals surface area (Å²) in [5.74, 6) is 0. The van der Waals surface area contributed by atoms with E-state index in [9.17, 15) is 5.11 Å². The Hall–Kier alpha value is -3.92. The zero-order valence-corrected chi connectivity index (χ0v) is 23.2. The molecule has 194 valence electrons. The number of hydrogen-bond donors (Lipinski definition) is 1. The summed E-state index contributed by atoms with van der Waals surface area (Å²) in [6.45, 7) is 7.45. The third-order valence-corrected chi connectivity index (χ3v) is 7.69. The Labute approximate surface area is 233 Å². The van der Waals surface area contributed by atoms with Crippen molar-refractivity contribution in [3.63, 3.8) is 0 Å². The fraction of sp³-hybridized carbons (Fsp3) is 0.167. The predicted octanol–water partition coefficient (Wildman–Crippen LogP) is 7.90. The number of hydrogen-bond acceptors (Lipinski definition) is 2. The van der Waals surface area contributed by atoms with E-state index < -0.39 is 11.2 Å². The normalized spacial score (nSPS) is 11.8. The highest BCUT2D eigenvalue weighted by Gasteiger charge is 2.35. The largest absolute Gasteiger partial charge is 0.427 e. The van der Waals surface area contributed by atoms with Crippen LogP contribution >= 0.6 is 0 Å². The van der Waals surface area contributed by atoms with E-state index in [-0.39, 0.29) is 0 Å². The lowest BCUT2D eigenvalue weighted by atomic mass is 9.80. The fourth-order valence-corrected chi connectivity index (χ4v) is 4.54. The van der Waals surface area contributed by atoms with Crippen LogP contribution in [-0.2, 0) is 4.65 Å². The zero-order valence-electron chi connectivity index (χ0n) is 23.2. The highest BCUT2D eigenvalue weighted by molar-refractivity contribution is 6.47. The van der Waals surface area contributed by atoms with Crippen LogP contribution in [0.1, 0.15) is 27.7 Å². The monoisotopic (exact) mass is 510 g/mol. The molecule has 2 nitrogen and oxygen atoms in total. The van der Waals surface area contributed by atoms with Gasteiger partial charge in [0.05, 0.1) is 11.2 Å². The molecule has 0 aromatic heterocycles. The van der Waals surface area contributed by atoms with Gasteiger partial charge in [0.25, 0.3) is 0 Å². The smallest absolute Gasteiger partial charge is 0.309 e. The standard InChI is InChI=1S/C36H35BO2/c1-35(2,38)36(3,4)39-37-34-24-32(29-20-18-28(19-21-29)26-12-7-5-8-13-26)23-33(25-34)31-17-11-16-30(22-31)27-14-9-6-10-15-27/h5-25,37-38H,1-4H3. The van der Waals surface area contributed by atoms with Gasteiger partial charge in [-0.1, -0.05) is 121 Å². The van der Waals surface area contributed by atoms with Crippen LogP contribution in [-0.4, -0.2) is 23.8 Å². The minimum atomic E-state index is -0.968. The molecular weight excluding hydrogens is 475 g/mol. The van der Waals surface area contributed by atoms with E-state index >= 15 is 0 Å². The lowest BCUT2D eigenvalue weighted by Crippen LogP contribution is -2.49. The molecule has 0 bridgehead atoms. The lowest BCUT2D eigenvalue weighted by molar-refractivity contribution is -0.0893. The van der Waals surface area contributed by atoms with Crippen LogP contribution in [0.3, 0.4) is 0 Å². The van der Waals surface area contributed by atoms with Crippen molar-refractivity contribution < 1.29 is 9.76 Å². The van der Waals surface area contributed by atoms with Crippen molar-refractivity contribution in [2.75, 3.05) is 0 Å². The highest BCUT2D eigenvalue weighted by Crippen LogP contribution is 2.31. The van der Waals surface area contributed by atoms with Crippen molar-refractivity contribution in [1.29, 1.82) is 0 Å². The van der Waals surface area contributed by atoms with Gasteiger partial charge >= 0.3 is 7.48 Å². The van der Waals surface area contributed by atoms with Crippen LogP contribution in [0.4, 0.5) is 0 Å². The average Bonchev–Trinajstić information content (AvgIpc) is 2.96. The first-order chi connectivity index (χ1) is 18.7. The SMILES string of the molecule is CC(C)(O)C(C)(C)OBc1cc(-c2ccc(-c3ccccc3)cc2)cc(-c2cccc(-c3ccccc3)c2)c1. The third kappa shape index (κ3) is 6.22. The maximum Gasteiger partial charge on any atom is 0.309 e. The molecule has 0 aliphatic carbocycles. The summed E-state index contributed by atoms with van der Waals surface area (Å²) in [5, 5.41) is 10.6. The van der Waals surface area contributed by atoms with Crippen LogP contribution in [0.15, 0.2) is 127 Å². The predicted molar refractivity (Wildman–Crippen MR) is 166 cm³/mol. The first-order valence-electron chi connectivity index (χ1n) is 13.5. The Morgan fingerprint density at radius 1 is 0.462 bits per heavy atom. The van der Waals surface area contributed by atoms with E-state index in [1.54, 1.807) is 13.8 Å². The van der Waals surface area contributed by atoms with Gasteiger partial charge in [0, 0.05) is 0 Å². The Morgan fingerprint density at radius 3 is 1.38 bits per heavy atom. The van der Waals surface area contributed by atoms with E-state index in [2.05, 4.69) is 115 Å². The minimum Gasteiger partial charge on any atom is -0.427 e. The second kappa shape index (κ2) is 11.1. The van der Waals surface area contributed by atoms with E-state index in [1.807, 2.05) is 26.0 Å². The molecule has 5 aromatic rings. The van der Waals surface area contributed by atoms with Crippen molar-refractivity contribution in [3.8, 4) is 44.5 Å². The molecule has 0 fully saturated rings. The fourth-order valence-electron chi connectivity index (χ4n) is 4.54. The van der Waals surface area contributed by atoms with Gasteiger partial charge in [-0.3, -0.25) is 0 Å². The first kappa shape index (κ1) is 26.7. The summed E-state index contributed by atoms with van der Waals surface area (Å²) in [5.41, 5.74) is 8.76. The Morgan fingerprint density at radius 2 is 0.846 bits per heavy atom. The summed E-state index contributed by atoms with van der Waals surface area (Å²) in [6.07, 6.45) is 0. The molecule has 0 saturated carbocycles. The van der Waals surface area contributed by atoms with Gasteiger partial charge < -0.3 is 9.76 Å². The summed E-state index contributed by atoms with van der Waals surface area (Å²) in [7, 11) is 0.401. The lowest BCUT2D eigenvalue weighted by Gasteiger charge is -2.37. The minimum absolute atomic E-state index is 0.401. The van der Waals surface area contributed by atoms with E-state index in [4.69, 9.17) is 4.65 Å². The molecule has 5 rings (SSSR count). The van der Waals surface area contributed by atoms with Gasteiger partial charge in [-0.2, -0.15) is 0 Å². The van der Waals surface area contributed by atoms with Gasteiger partial charge in [-0.05, 0) is 84.3 Å². The topological polar surface area (TPSA) is 29.5 Å². The second-order valence-corrected chi connectivity index (χ2v) is 11.2. The number of aliphatic hydroxyl groups is 1. The van der Waals surface area contributed by atoms with Crippen LogP contribution in [0.2, 0.25) is 0 Å². The molecule has 0 heterocycles. The maximum atomic E-state index is 10.6. The van der Waals surface area contributed by atoms with Gasteiger partial charge in [-0.25, -0.2) is 0 Å². The van der Waals surface area contributed by atoms with Crippen LogP contribution in [0.5, 0.6) is 0 Å². The van der Waals surface area contributed by atoms with Crippen molar-refractivity contribution in [2.45, 2.75) is 38.9 Å². The zero-order chi connectivity index (χ0) is 27.5. The van der Waals surface area contributed by atoms with E-state index in [0.29, 0.717) is 7.48 Å². The quantitative estimate of drug-likeness (QED) is 0.215. The van der Waals surface area contributed by atoms with Crippen LogP contribution < -0.4 is 5.46 Å². The molecule has 0 spiro atoms. The number of benzene rings is 5. The van der Waals surface area contributed by atoms with E-state index in [0.717, 1.165) is 27.7 Å². The van der Waals surface area contributed by atoms with Gasteiger partial charge in [0.2, 0.25) is 0 Å². The van der Waals surface area contributed by atoms with Gasteiger partial charge in [-0.15, -0.1) is 0 Å². The molecule has 0 atom stereocenters. The van der Waals surface area contributed by atoms with Crippen molar-refractivity contribution in [1.82, 2.24) is 0 Å². The average molecular weight is 510 g/mol. The highest BCUT2D eigenvalue weighted by atomic mass is 16.5. The van der Waals surface area contributed by atoms with Crippen molar-refractivity contribution in [3.05, 3.63) is 127 Å². The summed E-state index contributed by atoms with van der Waals surface area (Å²) >= 11 is 0. The van der Waals surface area contributed by atoms with Crippen LogP contribution in [0, 0.1) is 0 Å². The van der Waals surface area contributed by atoms with Crippen molar-refractivity contribution >= 4 is 12.9 Å². The number of rotatable bonds is 8. The molecule has 0 aliphatic heterocycles. The second-order valence-electron chi connectivity index (χ2n) is 11.2. The Balaban J connectivity index is 1.54. The van der Waals surface area contributed by atoms with Crippen molar-refractivity contribution in [2.24, 2.45) is 0 Å². The first-order valence-corrected chi connectivity index (χ1v) is 13.5. The summed E-state index contributed by atoms with van der Waals surface area (Å²) in [6, 6.07) is 45.0. The summed E-state index contributed by atoms with van der Waals surface area (Å²) in [4.78, 5) is 0. The van der Waals surface area contributed by atoms with Gasteiger partial charge in [0.1, 0.15) is 0 Å². The van der Waals surface area contributed by atoms with Gasteiger partial charge in [0.15, 0.2) is 0 Å².